The minimum Gasteiger partial charge on any atom is -0.344 e. The van der Waals surface area contributed by atoms with Gasteiger partial charge in [0.05, 0.1) is 5.39 Å². The van der Waals surface area contributed by atoms with Crippen molar-refractivity contribution in [1.82, 2.24) is 4.98 Å². The maximum atomic E-state index is 4.59. The molecule has 0 unspecified atom stereocenters. The van der Waals surface area contributed by atoms with Crippen LogP contribution in [0.25, 0.3) is 16.6 Å². The predicted octanol–water partition coefficient (Wildman–Crippen LogP) is 4.02. The highest BCUT2D eigenvalue weighted by Gasteiger charge is 2.19. The standard InChI is InChI=1S/C21H20N3/c1-16-19(23-13-6-3-7-14-23)11-8-12-20(16)24-17(2)22-15-18-9-4-5-10-21(18)24/h3-13,15H,14H2,1-2H3/q+1. The normalized spacial score (nSPS) is 13.7. The summed E-state index contributed by atoms with van der Waals surface area (Å²) in [7, 11) is 0. The number of rotatable bonds is 2. The van der Waals surface area contributed by atoms with Crippen molar-refractivity contribution in [2.24, 2.45) is 0 Å². The Morgan fingerprint density at radius 2 is 1.88 bits per heavy atom. The number of hydrogen-bond donors (Lipinski definition) is 0. The minimum atomic E-state index is 0.901. The SMILES string of the molecule is Cc1c(N2C=CC=CC2)cccc1-[n+]1c(C)ncc2ccccc21. The van der Waals surface area contributed by atoms with Gasteiger partial charge < -0.3 is 4.90 Å². The first-order valence-electron chi connectivity index (χ1n) is 8.22. The monoisotopic (exact) mass is 314 g/mol. The molecule has 4 rings (SSSR count). The van der Waals surface area contributed by atoms with E-state index >= 15 is 0 Å². The molecule has 0 radical (unpaired) electrons. The zero-order chi connectivity index (χ0) is 16.5. The maximum absolute atomic E-state index is 4.59. The van der Waals surface area contributed by atoms with Crippen LogP contribution in [-0.2, 0) is 0 Å². The first-order valence-corrected chi connectivity index (χ1v) is 8.22. The second-order valence-corrected chi connectivity index (χ2v) is 6.04. The van der Waals surface area contributed by atoms with E-state index in [0.29, 0.717) is 0 Å². The van der Waals surface area contributed by atoms with Crippen LogP contribution in [0.4, 0.5) is 5.69 Å². The molecule has 1 aliphatic rings. The van der Waals surface area contributed by atoms with E-state index in [1.54, 1.807) is 0 Å². The minimum absolute atomic E-state index is 0.901. The molecule has 0 amide bonds. The average Bonchev–Trinajstić information content (AvgIpc) is 2.63. The zero-order valence-corrected chi connectivity index (χ0v) is 14.0. The molecular formula is C21H20N3+. The number of nitrogens with zero attached hydrogens (tertiary/aromatic N) is 3. The Kier molecular flexibility index (Phi) is 3.62. The number of fused-ring (bicyclic) bond motifs is 1. The van der Waals surface area contributed by atoms with Gasteiger partial charge in [0.15, 0.2) is 6.20 Å². The fourth-order valence-corrected chi connectivity index (χ4v) is 3.31. The first-order chi connectivity index (χ1) is 11.8. The number of para-hydroxylation sites is 1. The van der Waals surface area contributed by atoms with E-state index < -0.39 is 0 Å². The van der Waals surface area contributed by atoms with Gasteiger partial charge in [-0.05, 0) is 37.3 Å². The van der Waals surface area contributed by atoms with Gasteiger partial charge in [-0.3, -0.25) is 0 Å². The van der Waals surface area contributed by atoms with E-state index in [4.69, 9.17) is 0 Å². The second kappa shape index (κ2) is 5.93. The molecule has 0 fully saturated rings. The summed E-state index contributed by atoms with van der Waals surface area (Å²) < 4.78 is 2.25. The molecule has 3 aromatic rings. The summed E-state index contributed by atoms with van der Waals surface area (Å²) >= 11 is 0. The van der Waals surface area contributed by atoms with Crippen molar-refractivity contribution in [2.75, 3.05) is 11.4 Å². The van der Waals surface area contributed by atoms with Gasteiger partial charge in [0.25, 0.3) is 0 Å². The van der Waals surface area contributed by atoms with Gasteiger partial charge in [0.1, 0.15) is 11.2 Å². The lowest BCUT2D eigenvalue weighted by molar-refractivity contribution is -0.578. The summed E-state index contributed by atoms with van der Waals surface area (Å²) in [5.74, 6) is 0.989. The van der Waals surface area contributed by atoms with Crippen LogP contribution in [0.15, 0.2) is 73.1 Å². The third-order valence-electron chi connectivity index (χ3n) is 4.53. The Labute approximate surface area is 142 Å². The Bertz CT molecular complexity index is 970. The molecular weight excluding hydrogens is 294 g/mol. The van der Waals surface area contributed by atoms with Gasteiger partial charge in [-0.1, -0.05) is 35.3 Å². The number of aromatic nitrogens is 2. The molecule has 1 aromatic heterocycles. The fourth-order valence-electron chi connectivity index (χ4n) is 3.31. The highest BCUT2D eigenvalue weighted by Crippen LogP contribution is 2.25. The van der Waals surface area contributed by atoms with Crippen molar-refractivity contribution in [3.63, 3.8) is 0 Å². The van der Waals surface area contributed by atoms with Crippen LogP contribution in [0.5, 0.6) is 0 Å². The zero-order valence-electron chi connectivity index (χ0n) is 14.0. The van der Waals surface area contributed by atoms with Gasteiger partial charge >= 0.3 is 5.82 Å². The Hall–Kier alpha value is -2.94. The highest BCUT2D eigenvalue weighted by molar-refractivity contribution is 5.75. The van der Waals surface area contributed by atoms with E-state index in [-0.39, 0.29) is 0 Å². The van der Waals surface area contributed by atoms with E-state index in [0.717, 1.165) is 17.8 Å². The topological polar surface area (TPSA) is 20.0 Å². The summed E-state index contributed by atoms with van der Waals surface area (Å²) in [5, 5.41) is 1.15. The van der Waals surface area contributed by atoms with E-state index in [1.807, 2.05) is 6.20 Å². The van der Waals surface area contributed by atoms with Crippen molar-refractivity contribution in [1.29, 1.82) is 0 Å². The van der Waals surface area contributed by atoms with Gasteiger partial charge in [-0.15, -0.1) is 0 Å². The lowest BCUT2D eigenvalue weighted by atomic mass is 10.1. The maximum Gasteiger partial charge on any atom is 0.300 e. The molecule has 24 heavy (non-hydrogen) atoms. The van der Waals surface area contributed by atoms with E-state index in [1.165, 1.54) is 22.5 Å². The molecule has 1 aliphatic heterocycles. The highest BCUT2D eigenvalue weighted by atomic mass is 15.1. The molecule has 3 heteroatoms. The van der Waals surface area contributed by atoms with Crippen LogP contribution in [0.2, 0.25) is 0 Å². The summed E-state index contributed by atoms with van der Waals surface area (Å²) in [6.45, 7) is 5.14. The number of aryl methyl sites for hydroxylation is 1. The van der Waals surface area contributed by atoms with E-state index in [9.17, 15) is 0 Å². The summed E-state index contributed by atoms with van der Waals surface area (Å²) in [6.07, 6.45) is 10.4. The first kappa shape index (κ1) is 14.6. The summed E-state index contributed by atoms with van der Waals surface area (Å²) in [5.41, 5.74) is 4.84. The second-order valence-electron chi connectivity index (χ2n) is 6.04. The van der Waals surface area contributed by atoms with Gasteiger partial charge in [0, 0.05) is 30.9 Å². The molecule has 2 aromatic carbocycles. The Morgan fingerprint density at radius 3 is 2.71 bits per heavy atom. The largest absolute Gasteiger partial charge is 0.344 e. The molecule has 0 bridgehead atoms. The fraction of sp³-hybridized carbons (Fsp3) is 0.143. The predicted molar refractivity (Wildman–Crippen MR) is 98.4 cm³/mol. The smallest absolute Gasteiger partial charge is 0.300 e. The quantitative estimate of drug-likeness (QED) is 0.666. The van der Waals surface area contributed by atoms with Crippen LogP contribution < -0.4 is 9.47 Å². The molecule has 0 N–H and O–H groups in total. The van der Waals surface area contributed by atoms with Crippen LogP contribution in [0.3, 0.4) is 0 Å². The van der Waals surface area contributed by atoms with Crippen molar-refractivity contribution in [2.45, 2.75) is 13.8 Å². The van der Waals surface area contributed by atoms with Gasteiger partial charge in [-0.25, -0.2) is 0 Å². The average molecular weight is 314 g/mol. The molecule has 0 aliphatic carbocycles. The molecule has 0 atom stereocenters. The molecule has 2 heterocycles. The lowest BCUT2D eigenvalue weighted by Crippen LogP contribution is -2.37. The number of benzene rings is 2. The molecule has 0 spiro atoms. The van der Waals surface area contributed by atoms with Crippen LogP contribution in [-0.4, -0.2) is 11.5 Å². The van der Waals surface area contributed by atoms with Crippen molar-refractivity contribution in [3.8, 4) is 5.69 Å². The Balaban J connectivity index is 1.94. The van der Waals surface area contributed by atoms with Crippen LogP contribution >= 0.6 is 0 Å². The molecule has 118 valence electrons. The lowest BCUT2D eigenvalue weighted by Gasteiger charge is -2.23. The third kappa shape index (κ3) is 2.38. The van der Waals surface area contributed by atoms with E-state index in [2.05, 4.69) is 95.2 Å². The van der Waals surface area contributed by atoms with Crippen molar-refractivity contribution >= 4 is 16.6 Å². The summed E-state index contributed by atoms with van der Waals surface area (Å²) in [4.78, 5) is 6.86. The molecule has 0 saturated heterocycles. The van der Waals surface area contributed by atoms with Gasteiger partial charge in [0.2, 0.25) is 0 Å². The Morgan fingerprint density at radius 1 is 1.00 bits per heavy atom. The van der Waals surface area contributed by atoms with Crippen LogP contribution in [0.1, 0.15) is 11.4 Å². The number of hydrogen-bond acceptors (Lipinski definition) is 2. The van der Waals surface area contributed by atoms with Crippen LogP contribution in [0, 0.1) is 13.8 Å². The van der Waals surface area contributed by atoms with Crippen molar-refractivity contribution in [3.05, 3.63) is 84.5 Å². The third-order valence-corrected chi connectivity index (χ3v) is 4.53. The molecule has 3 nitrogen and oxygen atoms in total. The number of anilines is 1. The van der Waals surface area contributed by atoms with Crippen molar-refractivity contribution < 1.29 is 4.57 Å². The summed E-state index contributed by atoms with van der Waals surface area (Å²) in [6, 6.07) is 14.9. The number of allylic oxidation sites excluding steroid dienone is 2. The van der Waals surface area contributed by atoms with Gasteiger partial charge in [-0.2, -0.15) is 4.57 Å². The molecule has 0 saturated carbocycles.